The zero-order chi connectivity index (χ0) is 11.1. The molecule has 3 nitrogen and oxygen atoms in total. The van der Waals surface area contributed by atoms with E-state index < -0.39 is 5.97 Å². The first-order chi connectivity index (χ1) is 7.22. The Bertz CT molecular complexity index is 308. The van der Waals surface area contributed by atoms with E-state index in [2.05, 4.69) is 6.92 Å². The first kappa shape index (κ1) is 11.9. The van der Waals surface area contributed by atoms with Crippen LogP contribution in [0, 0.1) is 0 Å². The van der Waals surface area contributed by atoms with Gasteiger partial charge in [-0.1, -0.05) is 6.92 Å². The highest BCUT2D eigenvalue weighted by molar-refractivity contribution is 8.00. The van der Waals surface area contributed by atoms with Gasteiger partial charge in [0.25, 0.3) is 0 Å². The molecule has 0 amide bonds. The summed E-state index contributed by atoms with van der Waals surface area (Å²) in [5.74, 6) is 0.123. The van der Waals surface area contributed by atoms with Gasteiger partial charge in [0.2, 0.25) is 0 Å². The van der Waals surface area contributed by atoms with Crippen molar-refractivity contribution in [1.29, 1.82) is 0 Å². The summed E-state index contributed by atoms with van der Waals surface area (Å²) in [5.41, 5.74) is 0. The van der Waals surface area contributed by atoms with Gasteiger partial charge in [-0.05, 0) is 30.7 Å². The summed E-state index contributed by atoms with van der Waals surface area (Å²) in [4.78, 5) is 11.3. The second kappa shape index (κ2) is 6.35. The van der Waals surface area contributed by atoms with Crippen molar-refractivity contribution in [2.24, 2.45) is 0 Å². The Kier molecular flexibility index (Phi) is 5.04. The number of carboxylic acids is 1. The first-order valence-electron chi connectivity index (χ1n) is 4.80. The third kappa shape index (κ3) is 4.74. The van der Waals surface area contributed by atoms with E-state index in [9.17, 15) is 4.79 Å². The van der Waals surface area contributed by atoms with E-state index in [1.54, 1.807) is 0 Å². The highest BCUT2D eigenvalue weighted by Crippen LogP contribution is 2.21. The Labute approximate surface area is 93.4 Å². The molecule has 1 N–H and O–H groups in total. The summed E-state index contributed by atoms with van der Waals surface area (Å²) in [7, 11) is 0. The molecule has 1 aromatic rings. The Balaban J connectivity index is 2.45. The lowest BCUT2D eigenvalue weighted by Gasteiger charge is -2.04. The van der Waals surface area contributed by atoms with Crippen LogP contribution >= 0.6 is 11.8 Å². The van der Waals surface area contributed by atoms with Gasteiger partial charge in [-0.25, -0.2) is 0 Å². The van der Waals surface area contributed by atoms with Crippen molar-refractivity contribution in [2.45, 2.75) is 18.2 Å². The Hall–Kier alpha value is -1.16. The van der Waals surface area contributed by atoms with Gasteiger partial charge in [-0.2, -0.15) is 0 Å². The number of aliphatic carboxylic acids is 1. The monoisotopic (exact) mass is 226 g/mol. The average molecular weight is 226 g/mol. The van der Waals surface area contributed by atoms with Crippen LogP contribution in [0.2, 0.25) is 0 Å². The maximum Gasteiger partial charge on any atom is 0.313 e. The Morgan fingerprint density at radius 2 is 2.07 bits per heavy atom. The molecule has 0 aromatic heterocycles. The highest BCUT2D eigenvalue weighted by Gasteiger charge is 1.99. The molecule has 0 aliphatic rings. The van der Waals surface area contributed by atoms with Crippen molar-refractivity contribution < 1.29 is 14.6 Å². The minimum absolute atomic E-state index is 0.0924. The lowest BCUT2D eigenvalue weighted by molar-refractivity contribution is -0.133. The molecule has 0 saturated carbocycles. The lowest BCUT2D eigenvalue weighted by atomic mass is 10.3. The molecular formula is C11H14O3S. The Morgan fingerprint density at radius 3 is 2.60 bits per heavy atom. The normalized spacial score (nSPS) is 9.93. The fourth-order valence-corrected chi connectivity index (χ4v) is 1.62. The van der Waals surface area contributed by atoms with Crippen LogP contribution in [0.5, 0.6) is 5.75 Å². The minimum atomic E-state index is -0.800. The smallest absolute Gasteiger partial charge is 0.313 e. The number of hydrogen-bond donors (Lipinski definition) is 1. The molecule has 0 bridgehead atoms. The van der Waals surface area contributed by atoms with Crippen LogP contribution < -0.4 is 4.74 Å². The molecule has 0 aliphatic carbocycles. The largest absolute Gasteiger partial charge is 0.494 e. The van der Waals surface area contributed by atoms with Gasteiger partial charge in [0.05, 0.1) is 12.4 Å². The summed E-state index contributed by atoms with van der Waals surface area (Å²) in [6, 6.07) is 7.47. The third-order valence-electron chi connectivity index (χ3n) is 1.66. The maximum atomic E-state index is 10.3. The SMILES string of the molecule is CCCOc1ccc(SCC(=O)O)cc1. The van der Waals surface area contributed by atoms with E-state index in [1.807, 2.05) is 24.3 Å². The van der Waals surface area contributed by atoms with Gasteiger partial charge in [-0.15, -0.1) is 11.8 Å². The summed E-state index contributed by atoms with van der Waals surface area (Å²) in [6.07, 6.45) is 0.982. The molecule has 0 fully saturated rings. The van der Waals surface area contributed by atoms with Crippen molar-refractivity contribution in [2.75, 3.05) is 12.4 Å². The van der Waals surface area contributed by atoms with Gasteiger partial charge in [0.15, 0.2) is 0 Å². The number of ether oxygens (including phenoxy) is 1. The maximum absolute atomic E-state index is 10.3. The van der Waals surface area contributed by atoms with Crippen LogP contribution in [0.1, 0.15) is 13.3 Å². The standard InChI is InChI=1S/C11H14O3S/c1-2-7-14-9-3-5-10(6-4-9)15-8-11(12)13/h3-6H,2,7-8H2,1H3,(H,12,13). The van der Waals surface area contributed by atoms with Crippen LogP contribution in [0.15, 0.2) is 29.2 Å². The average Bonchev–Trinajstić information content (AvgIpc) is 2.25. The fraction of sp³-hybridized carbons (Fsp3) is 0.364. The molecule has 15 heavy (non-hydrogen) atoms. The molecule has 0 aliphatic heterocycles. The minimum Gasteiger partial charge on any atom is -0.494 e. The third-order valence-corrected chi connectivity index (χ3v) is 2.66. The van der Waals surface area contributed by atoms with Gasteiger partial charge in [0, 0.05) is 4.90 Å². The van der Waals surface area contributed by atoms with E-state index in [0.29, 0.717) is 6.61 Å². The lowest BCUT2D eigenvalue weighted by Crippen LogP contribution is -1.97. The zero-order valence-electron chi connectivity index (χ0n) is 8.60. The molecule has 4 heteroatoms. The first-order valence-corrected chi connectivity index (χ1v) is 5.78. The number of hydrogen-bond acceptors (Lipinski definition) is 3. The fourth-order valence-electron chi connectivity index (χ4n) is 0.997. The quantitative estimate of drug-likeness (QED) is 0.757. The van der Waals surface area contributed by atoms with E-state index in [1.165, 1.54) is 11.8 Å². The molecule has 0 spiro atoms. The number of carbonyl (C=O) groups is 1. The van der Waals surface area contributed by atoms with Crippen molar-refractivity contribution in [1.82, 2.24) is 0 Å². The second-order valence-corrected chi connectivity index (χ2v) is 4.05. The van der Waals surface area contributed by atoms with Gasteiger partial charge >= 0.3 is 5.97 Å². The van der Waals surface area contributed by atoms with Crippen LogP contribution in [0.4, 0.5) is 0 Å². The van der Waals surface area contributed by atoms with Crippen molar-refractivity contribution in [3.63, 3.8) is 0 Å². The molecule has 0 heterocycles. The van der Waals surface area contributed by atoms with E-state index in [0.717, 1.165) is 17.1 Å². The molecule has 82 valence electrons. The summed E-state index contributed by atoms with van der Waals surface area (Å²) >= 11 is 1.31. The van der Waals surface area contributed by atoms with Crippen LogP contribution in [0.3, 0.4) is 0 Å². The van der Waals surface area contributed by atoms with E-state index in [4.69, 9.17) is 9.84 Å². The van der Waals surface area contributed by atoms with Crippen molar-refractivity contribution in [3.05, 3.63) is 24.3 Å². The predicted molar refractivity (Wildman–Crippen MR) is 60.6 cm³/mol. The van der Waals surface area contributed by atoms with E-state index >= 15 is 0 Å². The summed E-state index contributed by atoms with van der Waals surface area (Å²) in [6.45, 7) is 2.76. The summed E-state index contributed by atoms with van der Waals surface area (Å²) < 4.78 is 5.41. The predicted octanol–water partition coefficient (Wildman–Crippen LogP) is 2.65. The van der Waals surface area contributed by atoms with Gasteiger partial charge < -0.3 is 9.84 Å². The molecular weight excluding hydrogens is 212 g/mol. The molecule has 0 unspecified atom stereocenters. The summed E-state index contributed by atoms with van der Waals surface area (Å²) in [5, 5.41) is 8.50. The van der Waals surface area contributed by atoms with Crippen LogP contribution in [-0.4, -0.2) is 23.4 Å². The molecule has 0 saturated heterocycles. The van der Waals surface area contributed by atoms with Crippen molar-refractivity contribution >= 4 is 17.7 Å². The second-order valence-electron chi connectivity index (χ2n) is 3.00. The van der Waals surface area contributed by atoms with Gasteiger partial charge in [-0.3, -0.25) is 4.79 Å². The number of thioether (sulfide) groups is 1. The zero-order valence-corrected chi connectivity index (χ0v) is 9.42. The van der Waals surface area contributed by atoms with Crippen molar-refractivity contribution in [3.8, 4) is 5.75 Å². The number of benzene rings is 1. The molecule has 0 radical (unpaired) electrons. The topological polar surface area (TPSA) is 46.5 Å². The number of rotatable bonds is 6. The highest BCUT2D eigenvalue weighted by atomic mass is 32.2. The van der Waals surface area contributed by atoms with E-state index in [-0.39, 0.29) is 5.75 Å². The van der Waals surface area contributed by atoms with Crippen LogP contribution in [-0.2, 0) is 4.79 Å². The molecule has 0 atom stereocenters. The number of carboxylic acid groups (broad SMARTS) is 1. The molecule has 1 aromatic carbocycles. The van der Waals surface area contributed by atoms with Crippen LogP contribution in [0.25, 0.3) is 0 Å². The Morgan fingerprint density at radius 1 is 1.40 bits per heavy atom. The van der Waals surface area contributed by atoms with Gasteiger partial charge in [0.1, 0.15) is 5.75 Å². The molecule has 1 rings (SSSR count).